The van der Waals surface area contributed by atoms with Gasteiger partial charge in [0.15, 0.2) is 5.82 Å². The lowest BCUT2D eigenvalue weighted by Gasteiger charge is -2.35. The molecule has 1 aromatic carbocycles. The fourth-order valence-electron chi connectivity index (χ4n) is 3.11. The van der Waals surface area contributed by atoms with Crippen LogP contribution in [0.25, 0.3) is 11.3 Å². The SMILES string of the molecule is O=C(c1ccccc1F)N1CCN(c2ccc(-c3ccncc3)nn2)CC1. The highest BCUT2D eigenvalue weighted by atomic mass is 19.1. The van der Waals surface area contributed by atoms with Crippen LogP contribution in [-0.2, 0) is 0 Å². The summed E-state index contributed by atoms with van der Waals surface area (Å²) in [6, 6.07) is 13.7. The van der Waals surface area contributed by atoms with Gasteiger partial charge < -0.3 is 9.80 Å². The lowest BCUT2D eigenvalue weighted by molar-refractivity contribution is 0.0742. The van der Waals surface area contributed by atoms with E-state index in [0.717, 1.165) is 17.1 Å². The van der Waals surface area contributed by atoms with Gasteiger partial charge in [-0.2, -0.15) is 0 Å². The molecule has 4 rings (SSSR count). The highest BCUT2D eigenvalue weighted by Gasteiger charge is 2.24. The highest BCUT2D eigenvalue weighted by molar-refractivity contribution is 5.94. The van der Waals surface area contributed by atoms with E-state index >= 15 is 0 Å². The molecule has 1 aliphatic heterocycles. The number of amides is 1. The van der Waals surface area contributed by atoms with Crippen molar-refractivity contribution >= 4 is 11.7 Å². The first-order valence-corrected chi connectivity index (χ1v) is 8.75. The number of carbonyl (C=O) groups is 1. The first-order valence-electron chi connectivity index (χ1n) is 8.75. The topological polar surface area (TPSA) is 62.2 Å². The monoisotopic (exact) mass is 363 g/mol. The minimum Gasteiger partial charge on any atom is -0.352 e. The van der Waals surface area contributed by atoms with Crippen LogP contribution < -0.4 is 4.90 Å². The number of halogens is 1. The van der Waals surface area contributed by atoms with Gasteiger partial charge >= 0.3 is 0 Å². The Morgan fingerprint density at radius 2 is 1.63 bits per heavy atom. The molecule has 3 heterocycles. The van der Waals surface area contributed by atoms with E-state index in [4.69, 9.17) is 0 Å². The van der Waals surface area contributed by atoms with Gasteiger partial charge in [-0.1, -0.05) is 12.1 Å². The third-order valence-electron chi connectivity index (χ3n) is 4.62. The number of piperazine rings is 1. The van der Waals surface area contributed by atoms with Gasteiger partial charge in [-0.25, -0.2) is 4.39 Å². The van der Waals surface area contributed by atoms with Crippen LogP contribution in [0, 0.1) is 5.82 Å². The molecule has 3 aromatic rings. The second-order valence-electron chi connectivity index (χ2n) is 6.27. The normalized spacial score (nSPS) is 14.3. The molecule has 27 heavy (non-hydrogen) atoms. The molecule has 0 saturated carbocycles. The largest absolute Gasteiger partial charge is 0.352 e. The molecular formula is C20H18FN5O. The van der Waals surface area contributed by atoms with Crippen LogP contribution in [0.15, 0.2) is 60.9 Å². The molecule has 7 heteroatoms. The van der Waals surface area contributed by atoms with Crippen LogP contribution in [0.3, 0.4) is 0 Å². The third kappa shape index (κ3) is 3.62. The van der Waals surface area contributed by atoms with E-state index in [1.165, 1.54) is 12.1 Å². The maximum atomic E-state index is 13.8. The number of hydrogen-bond donors (Lipinski definition) is 0. The maximum absolute atomic E-state index is 13.8. The first-order chi connectivity index (χ1) is 13.2. The number of rotatable bonds is 3. The van der Waals surface area contributed by atoms with Crippen molar-refractivity contribution in [3.05, 3.63) is 72.3 Å². The molecule has 6 nitrogen and oxygen atoms in total. The average Bonchev–Trinajstić information content (AvgIpc) is 2.74. The highest BCUT2D eigenvalue weighted by Crippen LogP contribution is 2.19. The number of benzene rings is 1. The van der Waals surface area contributed by atoms with Crippen molar-refractivity contribution in [3.8, 4) is 11.3 Å². The summed E-state index contributed by atoms with van der Waals surface area (Å²) in [4.78, 5) is 20.3. The molecule has 1 amide bonds. The summed E-state index contributed by atoms with van der Waals surface area (Å²) in [5, 5.41) is 8.60. The summed E-state index contributed by atoms with van der Waals surface area (Å²) in [7, 11) is 0. The van der Waals surface area contributed by atoms with E-state index in [1.54, 1.807) is 29.4 Å². The van der Waals surface area contributed by atoms with Crippen molar-refractivity contribution in [3.63, 3.8) is 0 Å². The second-order valence-corrected chi connectivity index (χ2v) is 6.27. The Kier molecular flexibility index (Phi) is 4.74. The van der Waals surface area contributed by atoms with Crippen molar-refractivity contribution in [2.45, 2.75) is 0 Å². The van der Waals surface area contributed by atoms with E-state index in [9.17, 15) is 9.18 Å². The van der Waals surface area contributed by atoms with E-state index in [2.05, 4.69) is 20.1 Å². The van der Waals surface area contributed by atoms with Crippen LogP contribution >= 0.6 is 0 Å². The molecule has 1 saturated heterocycles. The lowest BCUT2D eigenvalue weighted by atomic mass is 10.1. The predicted octanol–water partition coefficient (Wildman–Crippen LogP) is 2.64. The molecule has 0 spiro atoms. The molecule has 2 aromatic heterocycles. The smallest absolute Gasteiger partial charge is 0.256 e. The zero-order valence-corrected chi connectivity index (χ0v) is 14.6. The molecule has 136 valence electrons. The molecule has 1 fully saturated rings. The van der Waals surface area contributed by atoms with Gasteiger partial charge in [0.25, 0.3) is 5.91 Å². The number of aromatic nitrogens is 3. The van der Waals surface area contributed by atoms with Crippen LogP contribution in [-0.4, -0.2) is 52.2 Å². The minimum atomic E-state index is -0.484. The molecule has 0 N–H and O–H groups in total. The second kappa shape index (κ2) is 7.49. The van der Waals surface area contributed by atoms with Gasteiger partial charge in [-0.3, -0.25) is 9.78 Å². The number of carbonyl (C=O) groups excluding carboxylic acids is 1. The number of nitrogens with zero attached hydrogens (tertiary/aromatic N) is 5. The number of pyridine rings is 1. The molecule has 0 radical (unpaired) electrons. The Labute approximate surface area is 156 Å². The van der Waals surface area contributed by atoms with Crippen LogP contribution in [0.1, 0.15) is 10.4 Å². The Hall–Kier alpha value is -3.35. The van der Waals surface area contributed by atoms with Crippen molar-refractivity contribution in [2.24, 2.45) is 0 Å². The van der Waals surface area contributed by atoms with Crippen LogP contribution in [0.4, 0.5) is 10.2 Å². The van der Waals surface area contributed by atoms with Crippen molar-refractivity contribution in [1.82, 2.24) is 20.1 Å². The summed E-state index contributed by atoms with van der Waals surface area (Å²) < 4.78 is 13.8. The fourth-order valence-corrected chi connectivity index (χ4v) is 3.11. The lowest BCUT2D eigenvalue weighted by Crippen LogP contribution is -2.49. The molecule has 0 atom stereocenters. The van der Waals surface area contributed by atoms with Crippen LogP contribution in [0.2, 0.25) is 0 Å². The van der Waals surface area contributed by atoms with Gasteiger partial charge in [0, 0.05) is 44.1 Å². The van der Waals surface area contributed by atoms with E-state index in [1.807, 2.05) is 24.3 Å². The zero-order valence-electron chi connectivity index (χ0n) is 14.6. The fraction of sp³-hybridized carbons (Fsp3) is 0.200. The molecule has 0 unspecified atom stereocenters. The standard InChI is InChI=1S/C20H18FN5O/c21-17-4-2-1-3-16(17)20(27)26-13-11-25(12-14-26)19-6-5-18(23-24-19)15-7-9-22-10-8-15/h1-10H,11-14H2. The van der Waals surface area contributed by atoms with Gasteiger partial charge in [-0.15, -0.1) is 10.2 Å². The van der Waals surface area contributed by atoms with Gasteiger partial charge in [0.1, 0.15) is 5.82 Å². The van der Waals surface area contributed by atoms with Crippen molar-refractivity contribution < 1.29 is 9.18 Å². The maximum Gasteiger partial charge on any atom is 0.256 e. The summed E-state index contributed by atoms with van der Waals surface area (Å²) in [6.07, 6.45) is 3.44. The summed E-state index contributed by atoms with van der Waals surface area (Å²) in [6.45, 7) is 2.29. The zero-order chi connectivity index (χ0) is 18.6. The Morgan fingerprint density at radius 1 is 0.889 bits per heavy atom. The van der Waals surface area contributed by atoms with E-state index in [0.29, 0.717) is 26.2 Å². The first kappa shape index (κ1) is 17.1. The summed E-state index contributed by atoms with van der Waals surface area (Å²) in [5.41, 5.74) is 1.87. The van der Waals surface area contributed by atoms with Crippen molar-refractivity contribution in [2.75, 3.05) is 31.1 Å². The number of anilines is 1. The third-order valence-corrected chi connectivity index (χ3v) is 4.62. The quantitative estimate of drug-likeness (QED) is 0.716. The van der Waals surface area contributed by atoms with Gasteiger partial charge in [0.2, 0.25) is 0 Å². The molecule has 1 aliphatic rings. The van der Waals surface area contributed by atoms with E-state index in [-0.39, 0.29) is 11.5 Å². The molecule has 0 bridgehead atoms. The number of hydrogen-bond acceptors (Lipinski definition) is 5. The Morgan fingerprint density at radius 3 is 2.30 bits per heavy atom. The molecule has 0 aliphatic carbocycles. The van der Waals surface area contributed by atoms with E-state index < -0.39 is 5.82 Å². The Balaban J connectivity index is 1.41. The molecular weight excluding hydrogens is 345 g/mol. The van der Waals surface area contributed by atoms with Crippen molar-refractivity contribution in [1.29, 1.82) is 0 Å². The summed E-state index contributed by atoms with van der Waals surface area (Å²) in [5.74, 6) is 0.0140. The predicted molar refractivity (Wildman–Crippen MR) is 99.8 cm³/mol. The Bertz CT molecular complexity index is 925. The average molecular weight is 363 g/mol. The van der Waals surface area contributed by atoms with Crippen LogP contribution in [0.5, 0.6) is 0 Å². The van der Waals surface area contributed by atoms with Gasteiger partial charge in [0.05, 0.1) is 11.3 Å². The van der Waals surface area contributed by atoms with Gasteiger partial charge in [-0.05, 0) is 36.4 Å². The minimum absolute atomic E-state index is 0.118. The summed E-state index contributed by atoms with van der Waals surface area (Å²) >= 11 is 0.